The molecular formula is C29H25N3O2. The number of nitrogens with zero attached hydrogens (tertiary/aromatic N) is 2. The van der Waals surface area contributed by atoms with Crippen molar-refractivity contribution in [3.8, 4) is 11.6 Å². The topological polar surface area (TPSA) is 59.5 Å². The third kappa shape index (κ3) is 5.15. The number of allylic oxidation sites excluding steroid dienone is 2. The fourth-order valence-electron chi connectivity index (χ4n) is 3.81. The number of rotatable bonds is 8. The van der Waals surface area contributed by atoms with Gasteiger partial charge in [-0.15, -0.1) is 0 Å². The van der Waals surface area contributed by atoms with E-state index in [0.29, 0.717) is 19.0 Å². The highest BCUT2D eigenvalue weighted by molar-refractivity contribution is 6.08. The Morgan fingerprint density at radius 1 is 0.971 bits per heavy atom. The van der Waals surface area contributed by atoms with Crippen molar-refractivity contribution in [3.63, 3.8) is 0 Å². The van der Waals surface area contributed by atoms with E-state index in [4.69, 9.17) is 9.47 Å². The maximum absolute atomic E-state index is 5.78. The van der Waals surface area contributed by atoms with Crippen LogP contribution in [-0.2, 0) is 6.61 Å². The van der Waals surface area contributed by atoms with Gasteiger partial charge in [-0.1, -0.05) is 30.4 Å². The normalized spacial score (nSPS) is 13.6. The zero-order valence-electron chi connectivity index (χ0n) is 18.9. The van der Waals surface area contributed by atoms with E-state index in [9.17, 15) is 0 Å². The summed E-state index contributed by atoms with van der Waals surface area (Å²) in [6.07, 6.45) is 14.1. The molecule has 0 atom stereocenters. The largest absolute Gasteiger partial charge is 0.496 e. The molecule has 1 aliphatic rings. The van der Waals surface area contributed by atoms with E-state index in [1.807, 2.05) is 48.7 Å². The third-order valence-electron chi connectivity index (χ3n) is 5.60. The molecule has 3 heterocycles. The van der Waals surface area contributed by atoms with Crippen LogP contribution in [0.25, 0.3) is 23.1 Å². The molecule has 0 unspecified atom stereocenters. The molecule has 2 aromatic carbocycles. The summed E-state index contributed by atoms with van der Waals surface area (Å²) < 4.78 is 11.3. The smallest absolute Gasteiger partial charge is 0.213 e. The summed E-state index contributed by atoms with van der Waals surface area (Å²) in [7, 11) is 1.68. The quantitative estimate of drug-likeness (QED) is 0.347. The van der Waals surface area contributed by atoms with Crippen molar-refractivity contribution in [1.82, 2.24) is 9.97 Å². The van der Waals surface area contributed by atoms with E-state index in [2.05, 4.69) is 63.5 Å². The first-order valence-corrected chi connectivity index (χ1v) is 11.2. The van der Waals surface area contributed by atoms with Crippen molar-refractivity contribution in [3.05, 3.63) is 114 Å². The van der Waals surface area contributed by atoms with Crippen LogP contribution in [-0.4, -0.2) is 29.3 Å². The van der Waals surface area contributed by atoms with E-state index in [1.165, 1.54) is 16.5 Å². The number of fused-ring (bicyclic) bond motifs is 1. The van der Waals surface area contributed by atoms with Crippen LogP contribution >= 0.6 is 0 Å². The number of aromatic amines is 1. The van der Waals surface area contributed by atoms with Gasteiger partial charge in [0.2, 0.25) is 5.88 Å². The molecule has 4 aromatic rings. The second-order valence-electron chi connectivity index (χ2n) is 7.98. The number of H-pyrrole nitrogens is 1. The van der Waals surface area contributed by atoms with Gasteiger partial charge in [-0.2, -0.15) is 0 Å². The molecule has 0 saturated heterocycles. The van der Waals surface area contributed by atoms with Gasteiger partial charge in [0.1, 0.15) is 12.4 Å². The number of hydrogen-bond donors (Lipinski definition) is 1. The predicted molar refractivity (Wildman–Crippen MR) is 138 cm³/mol. The fraction of sp³-hybridized carbons (Fsp3) is 0.103. The molecule has 2 aromatic heterocycles. The minimum Gasteiger partial charge on any atom is -0.496 e. The van der Waals surface area contributed by atoms with E-state index < -0.39 is 0 Å². The average Bonchev–Trinajstić information content (AvgIpc) is 3.54. The predicted octanol–water partition coefficient (Wildman–Crippen LogP) is 6.26. The molecule has 1 aliphatic heterocycles. The molecular weight excluding hydrogens is 422 g/mol. The molecule has 0 aliphatic carbocycles. The summed E-state index contributed by atoms with van der Waals surface area (Å²) in [5, 5.41) is 1.21. The standard InChI is InChI=1S/C29H25N3O2/c1-33-28-12-8-23(20-34-29-4-2-3-14-31-29)17-25(28)9-10-26-18-22(19-32-26)6-5-21-7-11-27-24(16-21)13-15-30-27/h2-18,30H,19-20H2,1H3/b6-5+,10-9+. The van der Waals surface area contributed by atoms with E-state index in [0.717, 1.165) is 28.1 Å². The summed E-state index contributed by atoms with van der Waals surface area (Å²) >= 11 is 0. The Kier molecular flexibility index (Phi) is 6.34. The van der Waals surface area contributed by atoms with Gasteiger partial charge in [-0.3, -0.25) is 4.99 Å². The van der Waals surface area contributed by atoms with Crippen molar-refractivity contribution in [2.24, 2.45) is 4.99 Å². The van der Waals surface area contributed by atoms with Gasteiger partial charge in [0.25, 0.3) is 0 Å². The van der Waals surface area contributed by atoms with Crippen molar-refractivity contribution in [1.29, 1.82) is 0 Å². The number of pyridine rings is 1. The van der Waals surface area contributed by atoms with E-state index in [1.54, 1.807) is 13.3 Å². The van der Waals surface area contributed by atoms with E-state index in [-0.39, 0.29) is 0 Å². The molecule has 0 spiro atoms. The number of ether oxygens (including phenoxy) is 2. The molecule has 5 heteroatoms. The van der Waals surface area contributed by atoms with Crippen molar-refractivity contribution < 1.29 is 9.47 Å². The highest BCUT2D eigenvalue weighted by Gasteiger charge is 2.06. The Hall–Kier alpha value is -4.38. The van der Waals surface area contributed by atoms with E-state index >= 15 is 0 Å². The number of nitrogens with one attached hydrogen (secondary N) is 1. The van der Waals surface area contributed by atoms with Gasteiger partial charge < -0.3 is 14.5 Å². The second-order valence-corrected chi connectivity index (χ2v) is 7.98. The summed E-state index contributed by atoms with van der Waals surface area (Å²) in [6.45, 7) is 1.11. The lowest BCUT2D eigenvalue weighted by Crippen LogP contribution is -1.98. The van der Waals surface area contributed by atoms with Crippen LogP contribution in [0, 0.1) is 0 Å². The van der Waals surface area contributed by atoms with Crippen LogP contribution in [0.4, 0.5) is 0 Å². The zero-order valence-corrected chi connectivity index (χ0v) is 18.9. The molecule has 34 heavy (non-hydrogen) atoms. The van der Waals surface area contributed by atoms with Gasteiger partial charge in [0, 0.05) is 29.5 Å². The molecule has 1 N–H and O–H groups in total. The first kappa shape index (κ1) is 21.5. The van der Waals surface area contributed by atoms with Crippen LogP contribution in [0.15, 0.2) is 102 Å². The minimum absolute atomic E-state index is 0.437. The van der Waals surface area contributed by atoms with Gasteiger partial charge in [0.15, 0.2) is 0 Å². The number of methoxy groups -OCH3 is 1. The monoisotopic (exact) mass is 447 g/mol. The van der Waals surface area contributed by atoms with Gasteiger partial charge in [-0.25, -0.2) is 4.98 Å². The summed E-state index contributed by atoms with van der Waals surface area (Å²) in [4.78, 5) is 12.1. The lowest BCUT2D eigenvalue weighted by atomic mass is 10.1. The maximum Gasteiger partial charge on any atom is 0.213 e. The van der Waals surface area contributed by atoms with Gasteiger partial charge >= 0.3 is 0 Å². The molecule has 0 radical (unpaired) electrons. The number of benzene rings is 2. The highest BCUT2D eigenvalue weighted by Crippen LogP contribution is 2.23. The van der Waals surface area contributed by atoms with Crippen molar-refractivity contribution in [2.45, 2.75) is 6.61 Å². The molecule has 168 valence electrons. The molecule has 5 nitrogen and oxygen atoms in total. The maximum atomic E-state index is 5.78. The molecule has 5 rings (SSSR count). The van der Waals surface area contributed by atoms with Crippen LogP contribution in [0.3, 0.4) is 0 Å². The Balaban J connectivity index is 1.25. The number of hydrogen-bond acceptors (Lipinski definition) is 4. The lowest BCUT2D eigenvalue weighted by molar-refractivity contribution is 0.293. The Morgan fingerprint density at radius 3 is 2.82 bits per heavy atom. The van der Waals surface area contributed by atoms with Gasteiger partial charge in [0.05, 0.1) is 19.4 Å². The van der Waals surface area contributed by atoms with Crippen LogP contribution in [0.2, 0.25) is 0 Å². The summed E-state index contributed by atoms with van der Waals surface area (Å²) in [5.41, 5.74) is 6.46. The van der Waals surface area contributed by atoms with Crippen LogP contribution in [0.1, 0.15) is 16.7 Å². The summed E-state index contributed by atoms with van der Waals surface area (Å²) in [6, 6.07) is 20.1. The molecule has 0 fully saturated rings. The first-order chi connectivity index (χ1) is 16.8. The van der Waals surface area contributed by atoms with Crippen molar-refractivity contribution >= 4 is 28.8 Å². The third-order valence-corrected chi connectivity index (χ3v) is 5.60. The minimum atomic E-state index is 0.437. The Bertz CT molecular complexity index is 1410. The first-order valence-electron chi connectivity index (χ1n) is 11.2. The summed E-state index contributed by atoms with van der Waals surface area (Å²) in [5.74, 6) is 1.41. The lowest BCUT2D eigenvalue weighted by Gasteiger charge is -2.09. The Labute approximate surface area is 198 Å². The second kappa shape index (κ2) is 10.0. The highest BCUT2D eigenvalue weighted by atomic mass is 16.5. The SMILES string of the molecule is COc1ccc(COc2ccccn2)cc1/C=C/C1=NCC(/C=C/c2ccc3[nH]ccc3c2)=C1. The zero-order chi connectivity index (χ0) is 23.2. The Morgan fingerprint density at radius 2 is 1.94 bits per heavy atom. The number of aromatic nitrogens is 2. The fourth-order valence-corrected chi connectivity index (χ4v) is 3.81. The van der Waals surface area contributed by atoms with Crippen LogP contribution in [0.5, 0.6) is 11.6 Å². The molecule has 0 saturated carbocycles. The average molecular weight is 448 g/mol. The number of aliphatic imine (C=N–C) groups is 1. The van der Waals surface area contributed by atoms with Crippen molar-refractivity contribution in [2.75, 3.05) is 13.7 Å². The molecule has 0 bridgehead atoms. The molecule has 0 amide bonds. The van der Waals surface area contributed by atoms with Gasteiger partial charge in [-0.05, 0) is 76.7 Å². The van der Waals surface area contributed by atoms with Crippen LogP contribution < -0.4 is 9.47 Å².